The quantitative estimate of drug-likeness (QED) is 0.898. The van der Waals surface area contributed by atoms with Gasteiger partial charge in [-0.15, -0.1) is 12.4 Å². The molecule has 1 fully saturated rings. The molecule has 4 nitrogen and oxygen atoms in total. The molecule has 0 bridgehead atoms. The van der Waals surface area contributed by atoms with Crippen LogP contribution in [0.2, 0.25) is 0 Å². The minimum atomic E-state index is -1.06. The maximum atomic E-state index is 11.6. The number of carbonyl (C=O) groups is 1. The van der Waals surface area contributed by atoms with Crippen molar-refractivity contribution in [1.29, 1.82) is 0 Å². The predicted octanol–water partition coefficient (Wildman–Crippen LogP) is 2.18. The van der Waals surface area contributed by atoms with Crippen molar-refractivity contribution in [3.05, 3.63) is 29.3 Å². The van der Waals surface area contributed by atoms with E-state index in [1.54, 1.807) is 0 Å². The second-order valence-electron chi connectivity index (χ2n) is 5.44. The van der Waals surface area contributed by atoms with Gasteiger partial charge in [-0.25, -0.2) is 4.79 Å². The van der Waals surface area contributed by atoms with Gasteiger partial charge in [0, 0.05) is 12.8 Å². The summed E-state index contributed by atoms with van der Waals surface area (Å²) < 4.78 is 5.89. The Kier molecular flexibility index (Phi) is 4.55. The second-order valence-corrected chi connectivity index (χ2v) is 5.44. The van der Waals surface area contributed by atoms with Crippen LogP contribution in [0.5, 0.6) is 5.75 Å². The monoisotopic (exact) mass is 297 g/mol. The molecule has 0 spiro atoms. The zero-order chi connectivity index (χ0) is 13.3. The number of fused-ring (bicyclic) bond motifs is 1. The molecule has 1 aromatic carbocycles. The third-order valence-electron chi connectivity index (χ3n) is 4.18. The molecule has 0 unspecified atom stereocenters. The van der Waals surface area contributed by atoms with E-state index < -0.39 is 11.6 Å². The van der Waals surface area contributed by atoms with Crippen molar-refractivity contribution in [2.24, 2.45) is 0 Å². The van der Waals surface area contributed by atoms with Gasteiger partial charge < -0.3 is 15.2 Å². The molecular weight excluding hydrogens is 278 g/mol. The summed E-state index contributed by atoms with van der Waals surface area (Å²) >= 11 is 0. The zero-order valence-corrected chi connectivity index (χ0v) is 12.2. The van der Waals surface area contributed by atoms with E-state index >= 15 is 0 Å². The van der Waals surface area contributed by atoms with E-state index in [1.165, 1.54) is 17.5 Å². The Balaban J connectivity index is 0.00000147. The van der Waals surface area contributed by atoms with Crippen molar-refractivity contribution < 1.29 is 14.6 Å². The average Bonchev–Trinajstić information content (AvgIpc) is 2.87. The van der Waals surface area contributed by atoms with Crippen LogP contribution in [-0.4, -0.2) is 29.8 Å². The molecule has 0 radical (unpaired) electrons. The summed E-state index contributed by atoms with van der Waals surface area (Å²) in [5, 5.41) is 12.7. The van der Waals surface area contributed by atoms with Crippen molar-refractivity contribution in [1.82, 2.24) is 5.32 Å². The Morgan fingerprint density at radius 1 is 1.20 bits per heavy atom. The lowest BCUT2D eigenvalue weighted by molar-refractivity contribution is -0.157. The largest absolute Gasteiger partial charge is 0.478 e. The Labute approximate surface area is 124 Å². The van der Waals surface area contributed by atoms with Crippen LogP contribution < -0.4 is 10.1 Å². The molecule has 0 atom stereocenters. The third kappa shape index (κ3) is 2.76. The van der Waals surface area contributed by atoms with Crippen LogP contribution in [0.15, 0.2) is 18.2 Å². The van der Waals surface area contributed by atoms with Gasteiger partial charge in [0.2, 0.25) is 5.60 Å². The SMILES string of the molecule is Cl.O=C(O)C1(Oc2ccc3c(c2)CCC3)CCNCC1. The molecule has 1 aliphatic carbocycles. The van der Waals surface area contributed by atoms with E-state index in [1.807, 2.05) is 12.1 Å². The first-order chi connectivity index (χ1) is 9.20. The Morgan fingerprint density at radius 2 is 1.90 bits per heavy atom. The molecule has 2 aliphatic rings. The van der Waals surface area contributed by atoms with Gasteiger partial charge >= 0.3 is 5.97 Å². The predicted molar refractivity (Wildman–Crippen MR) is 78.8 cm³/mol. The van der Waals surface area contributed by atoms with Crippen LogP contribution in [0.1, 0.15) is 30.4 Å². The van der Waals surface area contributed by atoms with Crippen molar-refractivity contribution in [2.45, 2.75) is 37.7 Å². The highest BCUT2D eigenvalue weighted by molar-refractivity contribution is 5.85. The zero-order valence-electron chi connectivity index (χ0n) is 11.4. The number of hydrogen-bond donors (Lipinski definition) is 2. The number of hydrogen-bond acceptors (Lipinski definition) is 3. The maximum absolute atomic E-state index is 11.6. The maximum Gasteiger partial charge on any atom is 0.348 e. The van der Waals surface area contributed by atoms with Crippen molar-refractivity contribution in [3.63, 3.8) is 0 Å². The van der Waals surface area contributed by atoms with Crippen LogP contribution in [0.4, 0.5) is 0 Å². The van der Waals surface area contributed by atoms with E-state index in [2.05, 4.69) is 11.4 Å². The highest BCUT2D eigenvalue weighted by atomic mass is 35.5. The van der Waals surface area contributed by atoms with Gasteiger partial charge in [0.1, 0.15) is 5.75 Å². The molecule has 1 saturated heterocycles. The standard InChI is InChI=1S/C15H19NO3.ClH/c17-14(18)15(6-8-16-9-7-15)19-13-5-4-11-2-1-3-12(11)10-13;/h4-5,10,16H,1-3,6-9H2,(H,17,18);1H. The van der Waals surface area contributed by atoms with Crippen molar-refractivity contribution in [2.75, 3.05) is 13.1 Å². The average molecular weight is 298 g/mol. The minimum absolute atomic E-state index is 0. The molecule has 5 heteroatoms. The normalized spacial score (nSPS) is 19.8. The lowest BCUT2D eigenvalue weighted by Gasteiger charge is -2.34. The molecule has 0 amide bonds. The topological polar surface area (TPSA) is 58.6 Å². The summed E-state index contributed by atoms with van der Waals surface area (Å²) in [7, 11) is 0. The first kappa shape index (κ1) is 15.1. The van der Waals surface area contributed by atoms with Gasteiger partial charge in [-0.05, 0) is 55.6 Å². The number of halogens is 1. The highest BCUT2D eigenvalue weighted by Gasteiger charge is 2.42. The molecule has 1 heterocycles. The summed E-state index contributed by atoms with van der Waals surface area (Å²) in [6.45, 7) is 1.38. The van der Waals surface area contributed by atoms with Gasteiger partial charge in [0.25, 0.3) is 0 Å². The fourth-order valence-electron chi connectivity index (χ4n) is 3.03. The molecule has 3 rings (SSSR count). The number of carboxylic acid groups (broad SMARTS) is 1. The third-order valence-corrected chi connectivity index (χ3v) is 4.18. The Hall–Kier alpha value is -1.26. The highest BCUT2D eigenvalue weighted by Crippen LogP contribution is 2.31. The number of rotatable bonds is 3. The summed E-state index contributed by atoms with van der Waals surface area (Å²) in [5.74, 6) is -0.153. The summed E-state index contributed by atoms with van der Waals surface area (Å²) in [6, 6.07) is 6.01. The first-order valence-corrected chi connectivity index (χ1v) is 6.95. The lowest BCUT2D eigenvalue weighted by atomic mass is 9.92. The summed E-state index contributed by atoms with van der Waals surface area (Å²) in [4.78, 5) is 11.6. The first-order valence-electron chi connectivity index (χ1n) is 6.95. The molecule has 20 heavy (non-hydrogen) atoms. The molecule has 0 saturated carbocycles. The van der Waals surface area contributed by atoms with Crippen molar-refractivity contribution >= 4 is 18.4 Å². The number of aryl methyl sites for hydroxylation is 2. The van der Waals surface area contributed by atoms with Crippen LogP contribution in [0.3, 0.4) is 0 Å². The van der Waals surface area contributed by atoms with Gasteiger partial charge in [-0.1, -0.05) is 6.07 Å². The fraction of sp³-hybridized carbons (Fsp3) is 0.533. The molecule has 1 aromatic rings. The van der Waals surface area contributed by atoms with Gasteiger partial charge in [0.05, 0.1) is 0 Å². The lowest BCUT2D eigenvalue weighted by Crippen LogP contribution is -2.52. The molecule has 110 valence electrons. The van der Waals surface area contributed by atoms with Gasteiger partial charge in [0.15, 0.2) is 0 Å². The van der Waals surface area contributed by atoms with Crippen LogP contribution in [0.25, 0.3) is 0 Å². The van der Waals surface area contributed by atoms with E-state index in [4.69, 9.17) is 4.74 Å². The molecule has 1 aliphatic heterocycles. The number of ether oxygens (including phenoxy) is 1. The van der Waals surface area contributed by atoms with Gasteiger partial charge in [-0.3, -0.25) is 0 Å². The van der Waals surface area contributed by atoms with E-state index in [-0.39, 0.29) is 12.4 Å². The molecule has 0 aromatic heterocycles. The van der Waals surface area contributed by atoms with Crippen LogP contribution >= 0.6 is 12.4 Å². The van der Waals surface area contributed by atoms with Gasteiger partial charge in [-0.2, -0.15) is 0 Å². The number of nitrogens with one attached hydrogen (secondary N) is 1. The minimum Gasteiger partial charge on any atom is -0.478 e. The van der Waals surface area contributed by atoms with Crippen molar-refractivity contribution in [3.8, 4) is 5.75 Å². The second kappa shape index (κ2) is 6.02. The fourth-order valence-corrected chi connectivity index (χ4v) is 3.03. The number of piperidine rings is 1. The summed E-state index contributed by atoms with van der Waals surface area (Å²) in [5.41, 5.74) is 1.63. The van der Waals surface area contributed by atoms with E-state index in [0.717, 1.165) is 12.8 Å². The number of carboxylic acids is 1. The Bertz CT molecular complexity index is 498. The van der Waals surface area contributed by atoms with E-state index in [9.17, 15) is 9.90 Å². The Morgan fingerprint density at radius 3 is 2.60 bits per heavy atom. The van der Waals surface area contributed by atoms with E-state index in [0.29, 0.717) is 31.7 Å². The molecule has 2 N–H and O–H groups in total. The summed E-state index contributed by atoms with van der Waals surface area (Å²) in [6.07, 6.45) is 4.42. The van der Waals surface area contributed by atoms with Crippen LogP contribution in [-0.2, 0) is 17.6 Å². The number of aliphatic carboxylic acids is 1. The number of benzene rings is 1. The van der Waals surface area contributed by atoms with Crippen LogP contribution in [0, 0.1) is 0 Å². The smallest absolute Gasteiger partial charge is 0.348 e. The molecular formula is C15H20ClNO3.